The van der Waals surface area contributed by atoms with Crippen molar-refractivity contribution in [2.45, 2.75) is 65.5 Å². The summed E-state index contributed by atoms with van der Waals surface area (Å²) in [7, 11) is 0. The van der Waals surface area contributed by atoms with E-state index in [1.165, 1.54) is 0 Å². The Morgan fingerprint density at radius 3 is 2.40 bits per heavy atom. The summed E-state index contributed by atoms with van der Waals surface area (Å²) in [5, 5.41) is 12.4. The summed E-state index contributed by atoms with van der Waals surface area (Å²) in [4.78, 5) is 7.12. The third-order valence-corrected chi connectivity index (χ3v) is 4.22. The molecule has 0 aliphatic carbocycles. The Balaban J connectivity index is 2.27. The van der Waals surface area contributed by atoms with Gasteiger partial charge in [0.2, 0.25) is 5.95 Å². The molecule has 2 rings (SSSR count). The monoisotopic (exact) mass is 277 g/mol. The second kappa shape index (κ2) is 6.97. The number of aryl methyl sites for hydroxylation is 2. The predicted octanol–water partition coefficient (Wildman–Crippen LogP) is 1.96. The molecule has 2 atom stereocenters. The molecular weight excluding hydrogens is 250 g/mol. The molecule has 0 saturated carbocycles. The number of rotatable bonds is 5. The first-order chi connectivity index (χ1) is 9.73. The minimum atomic E-state index is 0.469. The van der Waals surface area contributed by atoms with Gasteiger partial charge in [0, 0.05) is 25.2 Å². The van der Waals surface area contributed by atoms with Gasteiger partial charge in [-0.15, -0.1) is 5.10 Å². The first kappa shape index (κ1) is 15.2. The zero-order valence-electron chi connectivity index (χ0n) is 13.2. The highest BCUT2D eigenvalue weighted by atomic mass is 15.4. The molecule has 0 bridgehead atoms. The van der Waals surface area contributed by atoms with Gasteiger partial charge in [-0.1, -0.05) is 27.7 Å². The third-order valence-electron chi connectivity index (χ3n) is 4.22. The molecular formula is C15H27N5. The predicted molar refractivity (Wildman–Crippen MR) is 82.1 cm³/mol. The molecule has 1 aliphatic heterocycles. The van der Waals surface area contributed by atoms with Crippen molar-refractivity contribution >= 4 is 5.95 Å². The van der Waals surface area contributed by atoms with Crippen LogP contribution >= 0.6 is 0 Å². The first-order valence-electron chi connectivity index (χ1n) is 7.95. The minimum absolute atomic E-state index is 0.469. The maximum Gasteiger partial charge on any atom is 0.245 e. The normalized spacial score (nSPS) is 23.1. The van der Waals surface area contributed by atoms with E-state index in [0.717, 1.165) is 56.1 Å². The molecule has 1 aromatic rings. The summed E-state index contributed by atoms with van der Waals surface area (Å²) in [5.41, 5.74) is 2.13. The van der Waals surface area contributed by atoms with Crippen molar-refractivity contribution in [1.29, 1.82) is 0 Å². The number of piperazine rings is 1. The molecule has 112 valence electrons. The number of nitrogens with one attached hydrogen (secondary N) is 1. The molecule has 2 heterocycles. The van der Waals surface area contributed by atoms with Gasteiger partial charge >= 0.3 is 0 Å². The number of anilines is 1. The van der Waals surface area contributed by atoms with Crippen LogP contribution < -0.4 is 10.2 Å². The maximum absolute atomic E-state index is 4.78. The maximum atomic E-state index is 4.78. The van der Waals surface area contributed by atoms with E-state index >= 15 is 0 Å². The highest BCUT2D eigenvalue weighted by Gasteiger charge is 2.28. The van der Waals surface area contributed by atoms with Crippen molar-refractivity contribution in [2.75, 3.05) is 18.0 Å². The summed E-state index contributed by atoms with van der Waals surface area (Å²) < 4.78 is 0. The summed E-state index contributed by atoms with van der Waals surface area (Å²) in [6, 6.07) is 0.995. The molecule has 1 aliphatic rings. The van der Waals surface area contributed by atoms with Gasteiger partial charge in [0.15, 0.2) is 0 Å². The van der Waals surface area contributed by atoms with E-state index in [1.807, 2.05) is 0 Å². The zero-order chi connectivity index (χ0) is 14.5. The Hall–Kier alpha value is -1.23. The number of aromatic nitrogens is 3. The minimum Gasteiger partial charge on any atom is -0.334 e. The number of hydrogen-bond donors (Lipinski definition) is 1. The smallest absolute Gasteiger partial charge is 0.245 e. The molecule has 2 unspecified atom stereocenters. The van der Waals surface area contributed by atoms with Crippen LogP contribution in [0, 0.1) is 0 Å². The average molecular weight is 277 g/mol. The molecule has 1 N–H and O–H groups in total. The largest absolute Gasteiger partial charge is 0.334 e. The molecule has 1 saturated heterocycles. The standard InChI is InChI=1S/C15H27N5/c1-5-11-10-20(12(6-2)9-16-11)15-17-13(7-3)14(8-4)18-19-15/h11-12,16H,5-10H2,1-4H3. The summed E-state index contributed by atoms with van der Waals surface area (Å²) in [6.07, 6.45) is 4.06. The molecule has 0 amide bonds. The highest BCUT2D eigenvalue weighted by Crippen LogP contribution is 2.19. The van der Waals surface area contributed by atoms with E-state index in [0.29, 0.717) is 12.1 Å². The van der Waals surface area contributed by atoms with Crippen molar-refractivity contribution in [3.05, 3.63) is 11.4 Å². The van der Waals surface area contributed by atoms with Crippen LogP contribution in [-0.2, 0) is 12.8 Å². The number of nitrogens with zero attached hydrogens (tertiary/aromatic N) is 4. The van der Waals surface area contributed by atoms with Crippen molar-refractivity contribution < 1.29 is 0 Å². The lowest BCUT2D eigenvalue weighted by molar-refractivity contribution is 0.373. The van der Waals surface area contributed by atoms with E-state index in [9.17, 15) is 0 Å². The van der Waals surface area contributed by atoms with E-state index in [2.05, 4.69) is 48.1 Å². The average Bonchev–Trinajstić information content (AvgIpc) is 2.53. The van der Waals surface area contributed by atoms with Gasteiger partial charge in [-0.05, 0) is 25.7 Å². The van der Waals surface area contributed by atoms with Crippen molar-refractivity contribution in [1.82, 2.24) is 20.5 Å². The molecule has 0 aromatic carbocycles. The lowest BCUT2D eigenvalue weighted by atomic mass is 10.1. The van der Waals surface area contributed by atoms with Crippen LogP contribution in [0.4, 0.5) is 5.95 Å². The van der Waals surface area contributed by atoms with Crippen LogP contribution in [0.3, 0.4) is 0 Å². The van der Waals surface area contributed by atoms with Crippen LogP contribution in [0.25, 0.3) is 0 Å². The molecule has 1 aromatic heterocycles. The third kappa shape index (κ3) is 3.08. The molecule has 0 radical (unpaired) electrons. The van der Waals surface area contributed by atoms with Gasteiger partial charge in [0.05, 0.1) is 11.4 Å². The van der Waals surface area contributed by atoms with Gasteiger partial charge in [-0.25, -0.2) is 4.98 Å². The first-order valence-corrected chi connectivity index (χ1v) is 7.95. The van der Waals surface area contributed by atoms with Crippen LogP contribution in [0.1, 0.15) is 51.9 Å². The van der Waals surface area contributed by atoms with Crippen molar-refractivity contribution in [3.63, 3.8) is 0 Å². The fourth-order valence-electron chi connectivity index (χ4n) is 2.80. The topological polar surface area (TPSA) is 53.9 Å². The Kier molecular flexibility index (Phi) is 5.29. The van der Waals surface area contributed by atoms with Gasteiger partial charge in [-0.2, -0.15) is 5.10 Å². The van der Waals surface area contributed by atoms with Crippen LogP contribution in [0.15, 0.2) is 0 Å². The highest BCUT2D eigenvalue weighted by molar-refractivity contribution is 5.34. The van der Waals surface area contributed by atoms with Crippen LogP contribution in [0.5, 0.6) is 0 Å². The van der Waals surface area contributed by atoms with Gasteiger partial charge in [-0.3, -0.25) is 0 Å². The molecule has 5 nitrogen and oxygen atoms in total. The van der Waals surface area contributed by atoms with Crippen molar-refractivity contribution in [3.8, 4) is 0 Å². The SMILES string of the molecule is CCc1nnc(N2CC(CC)NCC2CC)nc1CC. The molecule has 5 heteroatoms. The number of hydrogen-bond acceptors (Lipinski definition) is 5. The summed E-state index contributed by atoms with van der Waals surface area (Å²) >= 11 is 0. The fraction of sp³-hybridized carbons (Fsp3) is 0.800. The van der Waals surface area contributed by atoms with Gasteiger partial charge < -0.3 is 10.2 Å². The molecule has 0 spiro atoms. The Labute approximate surface area is 122 Å². The summed E-state index contributed by atoms with van der Waals surface area (Å²) in [5.74, 6) is 0.811. The molecule has 20 heavy (non-hydrogen) atoms. The zero-order valence-corrected chi connectivity index (χ0v) is 13.2. The lowest BCUT2D eigenvalue weighted by Gasteiger charge is -2.39. The quantitative estimate of drug-likeness (QED) is 0.891. The van der Waals surface area contributed by atoms with Gasteiger partial charge in [0.25, 0.3) is 0 Å². The second-order valence-corrected chi connectivity index (χ2v) is 5.44. The fourth-order valence-corrected chi connectivity index (χ4v) is 2.80. The second-order valence-electron chi connectivity index (χ2n) is 5.44. The summed E-state index contributed by atoms with van der Waals surface area (Å²) in [6.45, 7) is 10.7. The van der Waals surface area contributed by atoms with Crippen LogP contribution in [-0.4, -0.2) is 40.4 Å². The van der Waals surface area contributed by atoms with E-state index < -0.39 is 0 Å². The Morgan fingerprint density at radius 1 is 1.05 bits per heavy atom. The van der Waals surface area contributed by atoms with Gasteiger partial charge in [0.1, 0.15) is 0 Å². The Morgan fingerprint density at radius 2 is 1.80 bits per heavy atom. The van der Waals surface area contributed by atoms with E-state index in [1.54, 1.807) is 0 Å². The van der Waals surface area contributed by atoms with E-state index in [4.69, 9.17) is 4.98 Å². The van der Waals surface area contributed by atoms with Crippen molar-refractivity contribution in [2.24, 2.45) is 0 Å². The lowest BCUT2D eigenvalue weighted by Crippen LogP contribution is -2.56. The molecule has 1 fully saturated rings. The van der Waals surface area contributed by atoms with E-state index in [-0.39, 0.29) is 0 Å². The van der Waals surface area contributed by atoms with Crippen LogP contribution in [0.2, 0.25) is 0 Å². The Bertz CT molecular complexity index is 434.